The number of benzene rings is 3. The van der Waals surface area contributed by atoms with E-state index >= 15 is 0 Å². The first-order chi connectivity index (χ1) is 17.6. The van der Waals surface area contributed by atoms with Crippen LogP contribution in [-0.2, 0) is 16.2 Å². The smallest absolute Gasteiger partial charge is 0.0439 e. The summed E-state index contributed by atoms with van der Waals surface area (Å²) in [5.74, 6) is 1.32. The molecule has 7 aliphatic carbocycles. The molecule has 3 aromatic rings. The van der Waals surface area contributed by atoms with Crippen molar-refractivity contribution in [2.75, 3.05) is 19.8 Å². The molecule has 3 fully saturated rings. The van der Waals surface area contributed by atoms with E-state index < -0.39 is 0 Å². The van der Waals surface area contributed by atoms with Crippen molar-refractivity contribution in [3.05, 3.63) is 106 Å². The van der Waals surface area contributed by atoms with Crippen molar-refractivity contribution in [3.63, 3.8) is 0 Å². The molecule has 3 N–H and O–H groups in total. The van der Waals surface area contributed by atoms with Gasteiger partial charge in [0.25, 0.3) is 0 Å². The van der Waals surface area contributed by atoms with Crippen LogP contribution in [0.5, 0.6) is 0 Å². The van der Waals surface area contributed by atoms with Gasteiger partial charge in [0, 0.05) is 36.1 Å². The van der Waals surface area contributed by atoms with E-state index in [0.29, 0.717) is 17.8 Å². The standard InChI is InChI=1S/C33H36O3/c34-16-13-31-20-29(31)23-5-11-27(12-6-23)33(15-18-36)21-30(33)24-3-9-26(10-4-24)32(14-17-35)19-28(32)22-1-7-25(31)8-2-22/h1-12,28-30,34-36H,13-21H2/t28-,29-,30-,31+,32+,33+/m1/s1. The summed E-state index contributed by atoms with van der Waals surface area (Å²) >= 11 is 0. The molecule has 3 heteroatoms. The van der Waals surface area contributed by atoms with Gasteiger partial charge in [0.1, 0.15) is 0 Å². The third-order valence-electron chi connectivity index (χ3n) is 10.6. The summed E-state index contributed by atoms with van der Waals surface area (Å²) in [6, 6.07) is 27.7. The Hall–Kier alpha value is -2.46. The molecule has 10 rings (SSSR count). The highest BCUT2D eigenvalue weighted by atomic mass is 16.3. The van der Waals surface area contributed by atoms with Crippen molar-refractivity contribution in [3.8, 4) is 0 Å². The maximum atomic E-state index is 9.96. The molecule has 36 heavy (non-hydrogen) atoms. The molecular formula is C33H36O3. The van der Waals surface area contributed by atoms with Gasteiger partial charge in [0.05, 0.1) is 0 Å². The van der Waals surface area contributed by atoms with Crippen LogP contribution in [0, 0.1) is 0 Å². The molecule has 0 radical (unpaired) electrons. The summed E-state index contributed by atoms with van der Waals surface area (Å²) in [6.07, 6.45) is 5.62. The molecule has 3 saturated carbocycles. The second kappa shape index (κ2) is 8.02. The fourth-order valence-electron chi connectivity index (χ4n) is 8.19. The summed E-state index contributed by atoms with van der Waals surface area (Å²) in [6.45, 7) is 0.611. The van der Waals surface area contributed by atoms with Gasteiger partial charge in [0.2, 0.25) is 0 Å². The zero-order chi connectivity index (χ0) is 24.5. The highest BCUT2D eigenvalue weighted by Gasteiger charge is 2.58. The molecule has 6 bridgehead atoms. The Morgan fingerprint density at radius 2 is 0.694 bits per heavy atom. The molecule has 6 atom stereocenters. The van der Waals surface area contributed by atoms with Crippen LogP contribution >= 0.6 is 0 Å². The lowest BCUT2D eigenvalue weighted by molar-refractivity contribution is 0.269. The van der Waals surface area contributed by atoms with E-state index in [2.05, 4.69) is 72.8 Å². The molecule has 3 nitrogen and oxygen atoms in total. The number of aliphatic hydroxyl groups is 3. The monoisotopic (exact) mass is 480 g/mol. The summed E-state index contributed by atoms with van der Waals surface area (Å²) < 4.78 is 0. The van der Waals surface area contributed by atoms with Crippen molar-refractivity contribution >= 4 is 0 Å². The average molecular weight is 481 g/mol. The van der Waals surface area contributed by atoms with Crippen LogP contribution in [0.3, 0.4) is 0 Å². The maximum absolute atomic E-state index is 9.96. The molecule has 0 aliphatic heterocycles. The SMILES string of the molecule is OCC[C@@]12C[C@@H]1c1ccc(cc1)[C@]1(CCO)C[C@@H]1c1ccc(cc1)[C@]1(CCO)C[C@@H]1c1ccc2cc1. The molecule has 186 valence electrons. The molecule has 0 aromatic heterocycles. The van der Waals surface area contributed by atoms with Crippen molar-refractivity contribution in [2.24, 2.45) is 0 Å². The minimum absolute atomic E-state index is 0.0199. The van der Waals surface area contributed by atoms with Crippen LogP contribution in [0.1, 0.15) is 89.7 Å². The largest absolute Gasteiger partial charge is 0.396 e. The number of fused-ring (bicyclic) bond motifs is 3. The van der Waals surface area contributed by atoms with E-state index in [0.717, 1.165) is 38.5 Å². The minimum Gasteiger partial charge on any atom is -0.396 e. The number of rotatable bonds is 6. The third kappa shape index (κ3) is 3.16. The quantitative estimate of drug-likeness (QED) is 0.441. The zero-order valence-corrected chi connectivity index (χ0v) is 20.9. The Kier molecular flexibility index (Phi) is 5.06. The van der Waals surface area contributed by atoms with Crippen LogP contribution in [0.25, 0.3) is 0 Å². The lowest BCUT2D eigenvalue weighted by Gasteiger charge is -2.22. The van der Waals surface area contributed by atoms with E-state index in [-0.39, 0.29) is 36.1 Å². The molecule has 0 amide bonds. The third-order valence-corrected chi connectivity index (χ3v) is 10.6. The lowest BCUT2D eigenvalue weighted by atomic mass is 9.83. The van der Waals surface area contributed by atoms with Crippen molar-refractivity contribution < 1.29 is 15.3 Å². The molecule has 0 unspecified atom stereocenters. The van der Waals surface area contributed by atoms with Gasteiger partial charge in [-0.3, -0.25) is 0 Å². The second-order valence-electron chi connectivity index (χ2n) is 12.0. The van der Waals surface area contributed by atoms with Gasteiger partial charge in [-0.1, -0.05) is 72.8 Å². The van der Waals surface area contributed by atoms with Crippen molar-refractivity contribution in [2.45, 2.75) is 72.5 Å². The summed E-state index contributed by atoms with van der Waals surface area (Å²) in [5.41, 5.74) is 8.17. The van der Waals surface area contributed by atoms with E-state index in [9.17, 15) is 15.3 Å². The van der Waals surface area contributed by atoms with Crippen LogP contribution in [0.15, 0.2) is 72.8 Å². The average Bonchev–Trinajstić information content (AvgIpc) is 3.83. The predicted molar refractivity (Wildman–Crippen MR) is 142 cm³/mol. The first-order valence-electron chi connectivity index (χ1n) is 13.7. The normalized spacial score (nSPS) is 34.9. The van der Waals surface area contributed by atoms with Gasteiger partial charge in [-0.15, -0.1) is 0 Å². The predicted octanol–water partition coefficient (Wildman–Crippen LogP) is 5.42. The van der Waals surface area contributed by atoms with Gasteiger partial charge < -0.3 is 15.3 Å². The number of hydrogen-bond acceptors (Lipinski definition) is 3. The first kappa shape index (κ1) is 22.7. The van der Waals surface area contributed by atoms with Crippen molar-refractivity contribution in [1.29, 1.82) is 0 Å². The molecular weight excluding hydrogens is 444 g/mol. The van der Waals surface area contributed by atoms with Gasteiger partial charge in [-0.05, 0) is 89.7 Å². The van der Waals surface area contributed by atoms with E-state index in [1.54, 1.807) is 0 Å². The zero-order valence-electron chi connectivity index (χ0n) is 20.9. The Morgan fingerprint density at radius 1 is 0.444 bits per heavy atom. The number of aliphatic hydroxyl groups excluding tert-OH is 3. The molecule has 0 spiro atoms. The molecule has 0 heterocycles. The Balaban J connectivity index is 1.35. The van der Waals surface area contributed by atoms with Crippen LogP contribution < -0.4 is 0 Å². The van der Waals surface area contributed by atoms with Gasteiger partial charge in [-0.2, -0.15) is 0 Å². The minimum atomic E-state index is 0.0199. The Bertz CT molecular complexity index is 1100. The summed E-state index contributed by atoms with van der Waals surface area (Å²) in [7, 11) is 0. The fraction of sp³-hybridized carbons (Fsp3) is 0.455. The van der Waals surface area contributed by atoms with Gasteiger partial charge in [-0.25, -0.2) is 0 Å². The topological polar surface area (TPSA) is 60.7 Å². The fourth-order valence-corrected chi connectivity index (χ4v) is 8.19. The Labute approximate surface area is 213 Å². The highest BCUT2D eigenvalue weighted by molar-refractivity contribution is 5.51. The first-order valence-corrected chi connectivity index (χ1v) is 13.7. The summed E-state index contributed by atoms with van der Waals surface area (Å²) in [4.78, 5) is 0. The van der Waals surface area contributed by atoms with Crippen LogP contribution in [-0.4, -0.2) is 35.1 Å². The van der Waals surface area contributed by atoms with E-state index in [1.807, 2.05) is 0 Å². The summed E-state index contributed by atoms with van der Waals surface area (Å²) in [5, 5.41) is 29.9. The lowest BCUT2D eigenvalue weighted by Crippen LogP contribution is -2.15. The van der Waals surface area contributed by atoms with Crippen LogP contribution in [0.2, 0.25) is 0 Å². The molecule has 7 aliphatic rings. The number of hydrogen-bond donors (Lipinski definition) is 3. The van der Waals surface area contributed by atoms with Gasteiger partial charge >= 0.3 is 0 Å². The highest BCUT2D eigenvalue weighted by Crippen LogP contribution is 2.66. The van der Waals surface area contributed by atoms with Gasteiger partial charge in [0.15, 0.2) is 0 Å². The van der Waals surface area contributed by atoms with Crippen molar-refractivity contribution in [1.82, 2.24) is 0 Å². The molecule has 3 aromatic carbocycles. The Morgan fingerprint density at radius 3 is 0.917 bits per heavy atom. The second-order valence-corrected chi connectivity index (χ2v) is 12.0. The molecule has 0 saturated heterocycles. The van der Waals surface area contributed by atoms with E-state index in [4.69, 9.17) is 0 Å². The van der Waals surface area contributed by atoms with E-state index in [1.165, 1.54) is 33.4 Å². The van der Waals surface area contributed by atoms with Crippen LogP contribution in [0.4, 0.5) is 0 Å². The maximum Gasteiger partial charge on any atom is 0.0439 e.